The van der Waals surface area contributed by atoms with Crippen LogP contribution in [0.15, 0.2) is 35.3 Å². The minimum Gasteiger partial charge on any atom is -0.480 e. The van der Waals surface area contributed by atoms with Crippen LogP contribution in [0.3, 0.4) is 0 Å². The van der Waals surface area contributed by atoms with Crippen LogP contribution in [-0.4, -0.2) is 185 Å². The molecule has 2 aliphatic heterocycles. The number of benzene rings is 1. The van der Waals surface area contributed by atoms with Crippen molar-refractivity contribution < 1.29 is 84.0 Å². The second kappa shape index (κ2) is 24.4. The highest BCUT2D eigenvalue weighted by molar-refractivity contribution is 5.97. The molecule has 4 unspecified atom stereocenters. The van der Waals surface area contributed by atoms with Crippen LogP contribution in [0.5, 0.6) is 0 Å². The van der Waals surface area contributed by atoms with E-state index < -0.39 is 104 Å². The summed E-state index contributed by atoms with van der Waals surface area (Å²) in [5, 5.41) is 88.0. The maximum absolute atomic E-state index is 12.5. The van der Waals surface area contributed by atoms with Gasteiger partial charge >= 0.3 is 11.9 Å². The van der Waals surface area contributed by atoms with Crippen molar-refractivity contribution in [2.24, 2.45) is 0 Å². The molecule has 5 rings (SSSR count). The van der Waals surface area contributed by atoms with Crippen molar-refractivity contribution >= 4 is 40.6 Å². The summed E-state index contributed by atoms with van der Waals surface area (Å²) in [5.41, 5.74) is 6.59. The molecule has 0 radical (unpaired) electrons. The molecule has 340 valence electrons. The summed E-state index contributed by atoms with van der Waals surface area (Å²) in [4.78, 5) is 62.1. The number of anilines is 2. The van der Waals surface area contributed by atoms with E-state index in [9.17, 15) is 54.9 Å². The Kier molecular flexibility index (Phi) is 20.1. The summed E-state index contributed by atoms with van der Waals surface area (Å²) >= 11 is 0. The maximum atomic E-state index is 12.5. The number of aromatic nitrogens is 4. The summed E-state index contributed by atoms with van der Waals surface area (Å²) in [5.74, 6) is -2.38. The highest BCUT2D eigenvalue weighted by Crippen LogP contribution is 2.22. The van der Waals surface area contributed by atoms with Gasteiger partial charge in [-0.2, -0.15) is 4.98 Å². The van der Waals surface area contributed by atoms with Gasteiger partial charge in [-0.05, 0) is 37.1 Å². The zero-order valence-electron chi connectivity index (χ0n) is 33.3. The number of aliphatic hydroxyl groups is 8. The number of H-pyrrole nitrogens is 1. The summed E-state index contributed by atoms with van der Waals surface area (Å²) < 4.78 is 24.2. The number of esters is 1. The average Bonchev–Trinajstić information content (AvgIpc) is 3.25. The summed E-state index contributed by atoms with van der Waals surface area (Å²) in [7, 11) is 2.60. The van der Waals surface area contributed by atoms with Gasteiger partial charge in [-0.15, -0.1) is 0 Å². The number of rotatable bonds is 15. The van der Waals surface area contributed by atoms with Crippen LogP contribution in [0.1, 0.15) is 42.2 Å². The first-order valence-corrected chi connectivity index (χ1v) is 18.7. The second-order valence-corrected chi connectivity index (χ2v) is 13.4. The van der Waals surface area contributed by atoms with Crippen molar-refractivity contribution in [3.63, 3.8) is 0 Å². The highest BCUT2D eigenvalue weighted by atomic mass is 16.7. The van der Waals surface area contributed by atoms with Gasteiger partial charge in [-0.25, -0.2) is 14.8 Å². The molecule has 61 heavy (non-hydrogen) atoms. The van der Waals surface area contributed by atoms with Crippen LogP contribution < -0.4 is 21.9 Å². The number of aliphatic hydroxyl groups excluding tert-OH is 8. The Hall–Kier alpha value is -5.03. The number of fused-ring (bicyclic) bond motifs is 1. The SMILES string of the molecule is CCCOC(=O)CC[C@H](NC(=O)c1ccc(NCc2cnc3nc(N)[nH]c(=O)c3n2)cc1)C(=O)O.CO[C@@H]1OC(CO)[C@@H](O)[C@@H](O)C1O.CO[C@@H]1OC(CO)[C@H](O)[C@@H](O)C1O. The Labute approximate surface area is 347 Å². The van der Waals surface area contributed by atoms with Crippen molar-refractivity contribution in [1.29, 1.82) is 0 Å². The van der Waals surface area contributed by atoms with E-state index in [1.807, 2.05) is 6.92 Å². The third-order valence-corrected chi connectivity index (χ3v) is 8.98. The topological polar surface area (TPSA) is 401 Å². The molecule has 0 bridgehead atoms. The van der Waals surface area contributed by atoms with Gasteiger partial charge in [0.1, 0.15) is 54.9 Å². The first kappa shape index (κ1) is 50.3. The quantitative estimate of drug-likeness (QED) is 0.0642. The number of aliphatic carboxylic acids is 1. The van der Waals surface area contributed by atoms with Crippen LogP contribution in [0.25, 0.3) is 11.2 Å². The van der Waals surface area contributed by atoms with Gasteiger partial charge < -0.3 is 86.0 Å². The third-order valence-electron chi connectivity index (χ3n) is 8.98. The molecular formula is C36H53N7O18. The van der Waals surface area contributed by atoms with Crippen molar-refractivity contribution in [3.8, 4) is 0 Å². The lowest BCUT2D eigenvalue weighted by atomic mass is 9.99. The number of ether oxygens (including phenoxy) is 5. The Morgan fingerprint density at radius 3 is 1.92 bits per heavy atom. The lowest BCUT2D eigenvalue weighted by Gasteiger charge is -2.38. The third kappa shape index (κ3) is 14.3. The average molecular weight is 872 g/mol. The number of methoxy groups -OCH3 is 2. The van der Waals surface area contributed by atoms with Gasteiger partial charge in [0.2, 0.25) is 5.95 Å². The Morgan fingerprint density at radius 1 is 0.869 bits per heavy atom. The molecule has 1 amide bonds. The fourth-order valence-electron chi connectivity index (χ4n) is 5.56. The molecule has 0 saturated carbocycles. The molecule has 25 heteroatoms. The number of carboxylic acid groups (broad SMARTS) is 1. The van der Waals surface area contributed by atoms with Gasteiger partial charge in [0.15, 0.2) is 23.7 Å². The standard InChI is InChI=1S/C22H25N7O6.2C7H14O6/c1-2-9-35-16(30)8-7-15(21(33)34)27-19(31)12-3-5-13(6-4-12)24-10-14-11-25-18-17(26-14)20(32)29-22(23)28-18;2*1-12-7-6(11)5(10)4(9)3(2-8)13-7/h3-6,11,15,24H,2,7-10H2,1H3,(H,27,31)(H,33,34)(H3,23,25,28,29,32);2*3-11H,2H2,1H3/t15-;3?,4-,5+,6?,7+;3?,4-,5-,6?,7-/m001/s1. The van der Waals surface area contributed by atoms with E-state index in [1.165, 1.54) is 32.5 Å². The van der Waals surface area contributed by atoms with E-state index in [1.54, 1.807) is 12.1 Å². The number of carbonyl (C=O) groups excluding carboxylic acids is 2. The van der Waals surface area contributed by atoms with E-state index in [2.05, 4.69) is 30.6 Å². The molecule has 25 nitrogen and oxygen atoms in total. The minimum atomic E-state index is -1.36. The second-order valence-electron chi connectivity index (χ2n) is 13.4. The van der Waals surface area contributed by atoms with Gasteiger partial charge in [0.25, 0.3) is 11.5 Å². The van der Waals surface area contributed by atoms with E-state index in [-0.39, 0.29) is 48.7 Å². The molecule has 0 aliphatic carbocycles. The van der Waals surface area contributed by atoms with E-state index in [4.69, 9.17) is 39.6 Å². The van der Waals surface area contributed by atoms with E-state index >= 15 is 0 Å². The number of nitrogen functional groups attached to an aromatic ring is 1. The Bertz CT molecular complexity index is 1830. The maximum Gasteiger partial charge on any atom is 0.326 e. The number of aromatic amines is 1. The first-order valence-electron chi connectivity index (χ1n) is 18.7. The van der Waals surface area contributed by atoms with Crippen molar-refractivity contribution in [3.05, 3.63) is 52.1 Å². The molecule has 0 spiro atoms. The smallest absolute Gasteiger partial charge is 0.326 e. The molecule has 2 fully saturated rings. The molecule has 14 N–H and O–H groups in total. The lowest BCUT2D eigenvalue weighted by Crippen LogP contribution is -2.58. The molecule has 11 atom stereocenters. The number of nitrogens with one attached hydrogen (secondary N) is 3. The Morgan fingerprint density at radius 2 is 1.43 bits per heavy atom. The van der Waals surface area contributed by atoms with Crippen LogP contribution in [0.2, 0.25) is 0 Å². The largest absolute Gasteiger partial charge is 0.480 e. The van der Waals surface area contributed by atoms with Crippen LogP contribution in [-0.2, 0) is 39.8 Å². The molecule has 3 aromatic rings. The zero-order valence-corrected chi connectivity index (χ0v) is 33.3. The van der Waals surface area contributed by atoms with E-state index in [0.717, 1.165) is 0 Å². The molecule has 2 aromatic heterocycles. The van der Waals surface area contributed by atoms with Crippen LogP contribution >= 0.6 is 0 Å². The summed E-state index contributed by atoms with van der Waals surface area (Å²) in [6, 6.07) is 5.09. The number of carbonyl (C=O) groups is 3. The predicted molar refractivity (Wildman–Crippen MR) is 207 cm³/mol. The van der Waals surface area contributed by atoms with Gasteiger partial charge in [0, 0.05) is 31.9 Å². The lowest BCUT2D eigenvalue weighted by molar-refractivity contribution is -0.294. The van der Waals surface area contributed by atoms with Crippen LogP contribution in [0.4, 0.5) is 11.6 Å². The molecule has 4 heterocycles. The van der Waals surface area contributed by atoms with Crippen molar-refractivity contribution in [2.75, 3.05) is 45.1 Å². The Balaban J connectivity index is 0.000000309. The van der Waals surface area contributed by atoms with Gasteiger partial charge in [-0.3, -0.25) is 19.4 Å². The number of amides is 1. The number of nitrogens with zero attached hydrogens (tertiary/aromatic N) is 3. The fourth-order valence-corrected chi connectivity index (χ4v) is 5.56. The minimum absolute atomic E-state index is 0.0454. The monoisotopic (exact) mass is 871 g/mol. The first-order chi connectivity index (χ1) is 29.0. The fraction of sp³-hybridized carbons (Fsp3) is 0.583. The van der Waals surface area contributed by atoms with E-state index in [0.29, 0.717) is 17.8 Å². The summed E-state index contributed by atoms with van der Waals surface area (Å²) in [6.07, 6.45) is -9.90. The molecule has 2 saturated heterocycles. The molecular weight excluding hydrogens is 818 g/mol. The number of hydrogen-bond acceptors (Lipinski definition) is 22. The predicted octanol–water partition coefficient (Wildman–Crippen LogP) is -4.31. The number of carboxylic acids is 1. The van der Waals surface area contributed by atoms with Gasteiger partial charge in [0.05, 0.1) is 38.3 Å². The van der Waals surface area contributed by atoms with Gasteiger partial charge in [-0.1, -0.05) is 6.92 Å². The van der Waals surface area contributed by atoms with Crippen molar-refractivity contribution in [1.82, 2.24) is 25.3 Å². The number of nitrogens with two attached hydrogens (primary N) is 1. The molecule has 1 aromatic carbocycles. The normalized spacial score (nSPS) is 26.4. The summed E-state index contributed by atoms with van der Waals surface area (Å²) in [6.45, 7) is 1.48. The highest BCUT2D eigenvalue weighted by Gasteiger charge is 2.44. The number of hydrogen-bond donors (Lipinski definition) is 13. The van der Waals surface area contributed by atoms with Crippen molar-refractivity contribution in [2.45, 2.75) is 100 Å². The van der Waals surface area contributed by atoms with Crippen LogP contribution in [0, 0.1) is 0 Å². The zero-order chi connectivity index (χ0) is 45.4. The molecule has 2 aliphatic rings.